The van der Waals surface area contributed by atoms with Crippen LogP contribution >= 0.6 is 11.8 Å². The predicted molar refractivity (Wildman–Crippen MR) is 118 cm³/mol. The van der Waals surface area contributed by atoms with E-state index in [1.54, 1.807) is 24.5 Å². The van der Waals surface area contributed by atoms with Gasteiger partial charge in [-0.25, -0.2) is 8.42 Å². The minimum atomic E-state index is -3.50. The summed E-state index contributed by atoms with van der Waals surface area (Å²) in [5, 5.41) is 9.00. The second-order valence-electron chi connectivity index (χ2n) is 7.30. The monoisotopic (exact) mass is 457 g/mol. The van der Waals surface area contributed by atoms with Crippen LogP contribution in [0.3, 0.4) is 0 Å². The van der Waals surface area contributed by atoms with E-state index in [9.17, 15) is 13.2 Å². The molecule has 0 unspecified atom stereocenters. The van der Waals surface area contributed by atoms with Crippen LogP contribution in [0.5, 0.6) is 0 Å². The number of benzene rings is 1. The number of piperidine rings is 1. The lowest BCUT2D eigenvalue weighted by atomic mass is 10.1. The number of aromatic nitrogens is 4. The molecule has 0 radical (unpaired) electrons. The number of hydrogen-bond donors (Lipinski definition) is 0. The Labute approximate surface area is 185 Å². The molecule has 3 heterocycles. The summed E-state index contributed by atoms with van der Waals surface area (Å²) in [4.78, 5) is 16.9. The fraction of sp³-hybridized carbons (Fsp3) is 0.333. The summed E-state index contributed by atoms with van der Waals surface area (Å²) in [5.41, 5.74) is 1.37. The maximum Gasteiger partial charge on any atom is 0.243 e. The molecule has 0 bridgehead atoms. The van der Waals surface area contributed by atoms with Crippen LogP contribution in [-0.4, -0.2) is 57.1 Å². The van der Waals surface area contributed by atoms with Gasteiger partial charge in [-0.3, -0.25) is 9.78 Å². The van der Waals surface area contributed by atoms with Gasteiger partial charge in [0, 0.05) is 43.7 Å². The topological polar surface area (TPSA) is 98.1 Å². The Morgan fingerprint density at radius 1 is 1.00 bits per heavy atom. The molecule has 0 saturated carbocycles. The van der Waals surface area contributed by atoms with E-state index in [0.717, 1.165) is 24.8 Å². The fourth-order valence-electron chi connectivity index (χ4n) is 3.47. The highest BCUT2D eigenvalue weighted by Crippen LogP contribution is 2.24. The Kier molecular flexibility index (Phi) is 6.49. The molecule has 0 spiro atoms. The van der Waals surface area contributed by atoms with E-state index in [1.807, 2.05) is 23.7 Å². The average Bonchev–Trinajstić information content (AvgIpc) is 3.19. The SMILES string of the molecule is Cn1c(SCC(=O)c2ccc(S(=O)(=O)N3CCCCC3)cc2)nnc1-c1ccncc1. The third-order valence-corrected chi connectivity index (χ3v) is 8.17. The second kappa shape index (κ2) is 9.29. The Morgan fingerprint density at radius 3 is 2.35 bits per heavy atom. The molecule has 1 aromatic carbocycles. The maximum absolute atomic E-state index is 12.8. The van der Waals surface area contributed by atoms with Crippen molar-refractivity contribution in [2.75, 3.05) is 18.8 Å². The van der Waals surface area contributed by atoms with E-state index in [1.165, 1.54) is 28.2 Å². The van der Waals surface area contributed by atoms with Crippen LogP contribution in [0, 0.1) is 0 Å². The van der Waals surface area contributed by atoms with Crippen molar-refractivity contribution in [2.45, 2.75) is 29.3 Å². The van der Waals surface area contributed by atoms with Gasteiger partial charge in [0.05, 0.1) is 10.6 Å². The van der Waals surface area contributed by atoms with E-state index in [-0.39, 0.29) is 16.4 Å². The molecule has 0 amide bonds. The zero-order valence-corrected chi connectivity index (χ0v) is 18.8. The molecule has 4 rings (SSSR count). The standard InChI is InChI=1S/C21H23N5O3S2/c1-25-20(17-9-11-22-12-10-17)23-24-21(25)30-15-19(27)16-5-7-18(8-6-16)31(28,29)26-13-3-2-4-14-26/h5-12H,2-4,13-15H2,1H3. The summed E-state index contributed by atoms with van der Waals surface area (Å²) in [5.74, 6) is 0.783. The summed E-state index contributed by atoms with van der Waals surface area (Å²) >= 11 is 1.30. The number of carbonyl (C=O) groups is 1. The molecular weight excluding hydrogens is 434 g/mol. The molecule has 1 saturated heterocycles. The van der Waals surface area contributed by atoms with Gasteiger partial charge in [-0.1, -0.05) is 30.3 Å². The molecule has 31 heavy (non-hydrogen) atoms. The van der Waals surface area contributed by atoms with Crippen molar-refractivity contribution in [1.82, 2.24) is 24.1 Å². The summed E-state index contributed by atoms with van der Waals surface area (Å²) < 4.78 is 28.9. The number of rotatable bonds is 7. The highest BCUT2D eigenvalue weighted by atomic mass is 32.2. The molecule has 3 aromatic rings. The number of Topliss-reactive ketones (excluding diaryl/α,β-unsaturated/α-hetero) is 1. The number of hydrogen-bond acceptors (Lipinski definition) is 7. The van der Waals surface area contributed by atoms with E-state index in [4.69, 9.17) is 0 Å². The maximum atomic E-state index is 12.8. The van der Waals surface area contributed by atoms with Gasteiger partial charge in [-0.05, 0) is 37.1 Å². The molecule has 2 aromatic heterocycles. The van der Waals surface area contributed by atoms with Crippen molar-refractivity contribution < 1.29 is 13.2 Å². The van der Waals surface area contributed by atoms with Crippen molar-refractivity contribution in [3.63, 3.8) is 0 Å². The largest absolute Gasteiger partial charge is 0.305 e. The third kappa shape index (κ3) is 4.70. The fourth-order valence-corrected chi connectivity index (χ4v) is 5.80. The first kappa shape index (κ1) is 21.7. The van der Waals surface area contributed by atoms with Crippen molar-refractivity contribution >= 4 is 27.6 Å². The number of sulfonamides is 1. The lowest BCUT2D eigenvalue weighted by molar-refractivity contribution is 0.102. The molecule has 8 nitrogen and oxygen atoms in total. The van der Waals surface area contributed by atoms with Crippen LogP contribution in [0.15, 0.2) is 58.8 Å². The van der Waals surface area contributed by atoms with Crippen molar-refractivity contribution in [3.05, 3.63) is 54.4 Å². The van der Waals surface area contributed by atoms with Gasteiger partial charge in [0.1, 0.15) is 0 Å². The number of pyridine rings is 1. The Morgan fingerprint density at radius 2 is 1.68 bits per heavy atom. The zero-order chi connectivity index (χ0) is 21.8. The Hall–Kier alpha value is -2.56. The van der Waals surface area contributed by atoms with E-state index in [0.29, 0.717) is 29.6 Å². The number of ketones is 1. The molecule has 0 aliphatic carbocycles. The summed E-state index contributed by atoms with van der Waals surface area (Å²) in [6.45, 7) is 1.11. The van der Waals surface area contributed by atoms with Crippen LogP contribution in [0.4, 0.5) is 0 Å². The molecular formula is C21H23N5O3S2. The Balaban J connectivity index is 1.41. The zero-order valence-electron chi connectivity index (χ0n) is 17.1. The smallest absolute Gasteiger partial charge is 0.243 e. The number of nitrogens with zero attached hydrogens (tertiary/aromatic N) is 5. The minimum absolute atomic E-state index is 0.0969. The summed E-state index contributed by atoms with van der Waals surface area (Å²) in [7, 11) is -1.65. The molecule has 10 heteroatoms. The van der Waals surface area contributed by atoms with Gasteiger partial charge < -0.3 is 4.57 Å². The Bertz CT molecular complexity index is 1160. The highest BCUT2D eigenvalue weighted by molar-refractivity contribution is 7.99. The summed E-state index contributed by atoms with van der Waals surface area (Å²) in [6, 6.07) is 9.90. The van der Waals surface area contributed by atoms with Crippen molar-refractivity contribution in [2.24, 2.45) is 7.05 Å². The number of carbonyl (C=O) groups excluding carboxylic acids is 1. The predicted octanol–water partition coefficient (Wildman–Crippen LogP) is 3.03. The van der Waals surface area contributed by atoms with E-state index in [2.05, 4.69) is 15.2 Å². The lowest BCUT2D eigenvalue weighted by Gasteiger charge is -2.25. The van der Waals surface area contributed by atoms with Crippen LogP contribution in [-0.2, 0) is 17.1 Å². The first-order valence-electron chi connectivity index (χ1n) is 10.0. The quantitative estimate of drug-likeness (QED) is 0.397. The molecule has 1 fully saturated rings. The van der Waals surface area contributed by atoms with Crippen LogP contribution < -0.4 is 0 Å². The summed E-state index contributed by atoms with van der Waals surface area (Å²) in [6.07, 6.45) is 6.22. The molecule has 1 aliphatic rings. The van der Waals surface area contributed by atoms with Crippen LogP contribution in [0.2, 0.25) is 0 Å². The van der Waals surface area contributed by atoms with Crippen LogP contribution in [0.25, 0.3) is 11.4 Å². The van der Waals surface area contributed by atoms with Crippen molar-refractivity contribution in [1.29, 1.82) is 0 Å². The number of thioether (sulfide) groups is 1. The van der Waals surface area contributed by atoms with Gasteiger partial charge >= 0.3 is 0 Å². The van der Waals surface area contributed by atoms with Gasteiger partial charge in [0.2, 0.25) is 10.0 Å². The lowest BCUT2D eigenvalue weighted by Crippen LogP contribution is -2.35. The van der Waals surface area contributed by atoms with Gasteiger partial charge in [0.25, 0.3) is 0 Å². The molecule has 1 aliphatic heterocycles. The molecule has 162 valence electrons. The third-order valence-electron chi connectivity index (χ3n) is 5.23. The highest BCUT2D eigenvalue weighted by Gasteiger charge is 2.26. The van der Waals surface area contributed by atoms with Gasteiger partial charge in [-0.15, -0.1) is 10.2 Å². The first-order valence-corrected chi connectivity index (χ1v) is 12.5. The van der Waals surface area contributed by atoms with E-state index < -0.39 is 10.0 Å². The normalized spacial score (nSPS) is 15.1. The van der Waals surface area contributed by atoms with E-state index >= 15 is 0 Å². The second-order valence-corrected chi connectivity index (χ2v) is 10.2. The van der Waals surface area contributed by atoms with Gasteiger partial charge in [-0.2, -0.15) is 4.31 Å². The van der Waals surface area contributed by atoms with Gasteiger partial charge in [0.15, 0.2) is 16.8 Å². The van der Waals surface area contributed by atoms with Crippen molar-refractivity contribution in [3.8, 4) is 11.4 Å². The molecule has 0 N–H and O–H groups in total. The molecule has 0 atom stereocenters. The average molecular weight is 458 g/mol. The first-order chi connectivity index (χ1) is 15.0. The minimum Gasteiger partial charge on any atom is -0.305 e. The van der Waals surface area contributed by atoms with Crippen LogP contribution in [0.1, 0.15) is 29.6 Å².